The van der Waals surface area contributed by atoms with E-state index in [2.05, 4.69) is 0 Å². The van der Waals surface area contributed by atoms with Gasteiger partial charge in [-0.15, -0.1) is 11.3 Å². The van der Waals surface area contributed by atoms with Crippen LogP contribution in [0.2, 0.25) is 0 Å². The lowest BCUT2D eigenvalue weighted by Crippen LogP contribution is -2.37. The van der Waals surface area contributed by atoms with E-state index in [0.717, 1.165) is 17.4 Å². The van der Waals surface area contributed by atoms with Crippen LogP contribution in [0.1, 0.15) is 22.5 Å². The summed E-state index contributed by atoms with van der Waals surface area (Å²) >= 11 is 0.884. The van der Waals surface area contributed by atoms with Crippen LogP contribution in [0, 0.1) is 0 Å². The second-order valence-electron chi connectivity index (χ2n) is 4.05. The molecule has 8 heteroatoms. The summed E-state index contributed by atoms with van der Waals surface area (Å²) in [7, 11) is -3.69. The summed E-state index contributed by atoms with van der Waals surface area (Å²) in [5.41, 5.74) is 0. The van der Waals surface area contributed by atoms with E-state index in [9.17, 15) is 13.2 Å². The molecule has 2 N–H and O–H groups in total. The van der Waals surface area contributed by atoms with Gasteiger partial charge in [0.2, 0.25) is 10.0 Å². The van der Waals surface area contributed by atoms with Gasteiger partial charge >= 0.3 is 5.97 Å². The van der Waals surface area contributed by atoms with Gasteiger partial charge in [-0.1, -0.05) is 0 Å². The zero-order chi connectivity index (χ0) is 13.3. The molecule has 1 aromatic rings. The molecule has 1 aromatic heterocycles. The van der Waals surface area contributed by atoms with E-state index in [1.165, 1.54) is 9.69 Å². The van der Waals surface area contributed by atoms with Crippen molar-refractivity contribution in [1.29, 1.82) is 0 Å². The summed E-state index contributed by atoms with van der Waals surface area (Å²) in [6.07, 6.45) is 1.34. The van der Waals surface area contributed by atoms with Gasteiger partial charge in [-0.25, -0.2) is 13.2 Å². The van der Waals surface area contributed by atoms with E-state index in [1.54, 1.807) is 0 Å². The number of carboxylic acid groups (broad SMARTS) is 1. The Morgan fingerprint density at radius 3 is 2.83 bits per heavy atom. The van der Waals surface area contributed by atoms with Crippen LogP contribution in [0.4, 0.5) is 0 Å². The van der Waals surface area contributed by atoms with Gasteiger partial charge in [-0.2, -0.15) is 4.31 Å². The van der Waals surface area contributed by atoms with E-state index in [4.69, 9.17) is 10.2 Å². The van der Waals surface area contributed by atoms with Crippen LogP contribution >= 0.6 is 11.3 Å². The second kappa shape index (κ2) is 4.96. The smallest absolute Gasteiger partial charge is 0.345 e. The highest BCUT2D eigenvalue weighted by Crippen LogP contribution is 2.28. The molecule has 1 atom stereocenters. The fourth-order valence-electron chi connectivity index (χ4n) is 2.01. The van der Waals surface area contributed by atoms with Crippen molar-refractivity contribution in [1.82, 2.24) is 4.31 Å². The molecule has 2 rings (SSSR count). The first-order chi connectivity index (χ1) is 8.46. The zero-order valence-corrected chi connectivity index (χ0v) is 11.1. The molecule has 0 saturated carbocycles. The normalized spacial score (nSPS) is 21.3. The fraction of sp³-hybridized carbons (Fsp3) is 0.500. The SMILES string of the molecule is O=C(O)c1cc(S(=O)(=O)N2CCC[C@H]2CO)cs1. The van der Waals surface area contributed by atoms with Crippen LogP contribution in [0.15, 0.2) is 16.3 Å². The molecule has 0 unspecified atom stereocenters. The molecular weight excluding hydrogens is 278 g/mol. The van der Waals surface area contributed by atoms with Crippen molar-refractivity contribution >= 4 is 27.3 Å². The first-order valence-corrected chi connectivity index (χ1v) is 7.73. The third kappa shape index (κ3) is 2.28. The summed E-state index contributed by atoms with van der Waals surface area (Å²) in [5, 5.41) is 19.3. The number of thiophene rings is 1. The van der Waals surface area contributed by atoms with Crippen LogP contribution in [0.25, 0.3) is 0 Å². The maximum atomic E-state index is 12.3. The minimum absolute atomic E-state index is 0.00618. The van der Waals surface area contributed by atoms with E-state index in [1.807, 2.05) is 0 Å². The lowest BCUT2D eigenvalue weighted by Gasteiger charge is -2.21. The molecule has 0 radical (unpaired) electrons. The van der Waals surface area contributed by atoms with Crippen molar-refractivity contribution in [3.05, 3.63) is 16.3 Å². The summed E-state index contributed by atoms with van der Waals surface area (Å²) in [5.74, 6) is -1.14. The van der Waals surface area contributed by atoms with Gasteiger partial charge in [0.25, 0.3) is 0 Å². The van der Waals surface area contributed by atoms with E-state index >= 15 is 0 Å². The van der Waals surface area contributed by atoms with Crippen LogP contribution in [0.3, 0.4) is 0 Å². The Morgan fingerprint density at radius 1 is 1.56 bits per heavy atom. The number of aromatic carboxylic acids is 1. The molecule has 1 fully saturated rings. The molecule has 0 aromatic carbocycles. The van der Waals surface area contributed by atoms with E-state index < -0.39 is 22.0 Å². The molecular formula is C10H13NO5S2. The topological polar surface area (TPSA) is 94.9 Å². The van der Waals surface area contributed by atoms with Crippen molar-refractivity contribution < 1.29 is 23.4 Å². The Hall–Kier alpha value is -0.960. The number of aliphatic hydroxyl groups is 1. The standard InChI is InChI=1S/C10H13NO5S2/c12-5-7-2-1-3-11(7)18(15,16)8-4-9(10(13)14)17-6-8/h4,6-7,12H,1-3,5H2,(H,13,14)/t7-/m0/s1. The molecule has 2 heterocycles. The number of carbonyl (C=O) groups is 1. The van der Waals surface area contributed by atoms with Crippen LogP contribution in [-0.2, 0) is 10.0 Å². The summed E-state index contributed by atoms with van der Waals surface area (Å²) in [4.78, 5) is 10.7. The summed E-state index contributed by atoms with van der Waals surface area (Å²) in [6.45, 7) is 0.154. The molecule has 18 heavy (non-hydrogen) atoms. The Labute approximate surface area is 109 Å². The number of hydrogen-bond donors (Lipinski definition) is 2. The maximum Gasteiger partial charge on any atom is 0.345 e. The number of aliphatic hydroxyl groups excluding tert-OH is 1. The van der Waals surface area contributed by atoms with Crippen molar-refractivity contribution in [2.75, 3.05) is 13.2 Å². The van der Waals surface area contributed by atoms with Crippen molar-refractivity contribution in [2.24, 2.45) is 0 Å². The Bertz CT molecular complexity index is 550. The van der Waals surface area contributed by atoms with Gasteiger partial charge in [-0.3, -0.25) is 0 Å². The first kappa shape index (κ1) is 13.5. The molecule has 1 saturated heterocycles. The van der Waals surface area contributed by atoms with Crippen molar-refractivity contribution in [3.63, 3.8) is 0 Å². The van der Waals surface area contributed by atoms with E-state index in [0.29, 0.717) is 19.4 Å². The van der Waals surface area contributed by atoms with Crippen molar-refractivity contribution in [2.45, 2.75) is 23.8 Å². The minimum atomic E-state index is -3.69. The average molecular weight is 291 g/mol. The van der Waals surface area contributed by atoms with Crippen LogP contribution in [-0.4, -0.2) is 48.1 Å². The fourth-order valence-corrected chi connectivity index (χ4v) is 4.79. The Morgan fingerprint density at radius 2 is 2.28 bits per heavy atom. The molecule has 6 nitrogen and oxygen atoms in total. The van der Waals surface area contributed by atoms with Gasteiger partial charge in [0.15, 0.2) is 0 Å². The lowest BCUT2D eigenvalue weighted by atomic mass is 10.2. The van der Waals surface area contributed by atoms with Crippen LogP contribution < -0.4 is 0 Å². The summed E-state index contributed by atoms with van der Waals surface area (Å²) in [6, 6.07) is 0.762. The minimum Gasteiger partial charge on any atom is -0.477 e. The third-order valence-electron chi connectivity index (χ3n) is 2.93. The predicted octanol–water partition coefficient (Wildman–Crippen LogP) is 0.592. The highest BCUT2D eigenvalue weighted by atomic mass is 32.2. The highest BCUT2D eigenvalue weighted by Gasteiger charge is 2.35. The summed E-state index contributed by atoms with van der Waals surface area (Å²) < 4.78 is 25.8. The van der Waals surface area contributed by atoms with Gasteiger partial charge in [0.1, 0.15) is 4.88 Å². The highest BCUT2D eigenvalue weighted by molar-refractivity contribution is 7.89. The van der Waals surface area contributed by atoms with Gasteiger partial charge in [0, 0.05) is 18.0 Å². The molecule has 0 aliphatic carbocycles. The monoisotopic (exact) mass is 291 g/mol. The Kier molecular flexibility index (Phi) is 3.71. The Balaban J connectivity index is 2.32. The first-order valence-electron chi connectivity index (χ1n) is 5.41. The van der Waals surface area contributed by atoms with Crippen LogP contribution in [0.5, 0.6) is 0 Å². The number of hydrogen-bond acceptors (Lipinski definition) is 5. The number of rotatable bonds is 4. The average Bonchev–Trinajstić information content (AvgIpc) is 2.98. The quantitative estimate of drug-likeness (QED) is 0.846. The lowest BCUT2D eigenvalue weighted by molar-refractivity contribution is 0.0702. The van der Waals surface area contributed by atoms with Gasteiger partial charge < -0.3 is 10.2 Å². The molecule has 0 bridgehead atoms. The van der Waals surface area contributed by atoms with Gasteiger partial charge in [-0.05, 0) is 18.9 Å². The number of nitrogens with zero attached hydrogens (tertiary/aromatic N) is 1. The predicted molar refractivity (Wildman–Crippen MR) is 65.3 cm³/mol. The maximum absolute atomic E-state index is 12.3. The zero-order valence-electron chi connectivity index (χ0n) is 9.44. The third-order valence-corrected chi connectivity index (χ3v) is 5.92. The molecule has 1 aliphatic rings. The van der Waals surface area contributed by atoms with Gasteiger partial charge in [0.05, 0.1) is 11.5 Å². The molecule has 1 aliphatic heterocycles. The van der Waals surface area contributed by atoms with Crippen molar-refractivity contribution in [3.8, 4) is 0 Å². The second-order valence-corrected chi connectivity index (χ2v) is 6.85. The number of carboxylic acids is 1. The largest absolute Gasteiger partial charge is 0.477 e. The molecule has 100 valence electrons. The number of sulfonamides is 1. The van der Waals surface area contributed by atoms with E-state index in [-0.39, 0.29) is 16.4 Å². The molecule has 0 spiro atoms. The molecule has 0 amide bonds.